The Morgan fingerprint density at radius 1 is 1.47 bits per heavy atom. The minimum atomic E-state index is -0.751. The predicted molar refractivity (Wildman–Crippen MR) is 67.5 cm³/mol. The molecule has 0 spiro atoms. The molecule has 1 aromatic rings. The summed E-state index contributed by atoms with van der Waals surface area (Å²) in [5, 5.41) is 11.0. The molecule has 1 N–H and O–H groups in total. The van der Waals surface area contributed by atoms with Crippen LogP contribution in [0.2, 0.25) is 0 Å². The second-order valence-electron chi connectivity index (χ2n) is 4.45. The van der Waals surface area contributed by atoms with Crippen LogP contribution in [0.25, 0.3) is 0 Å². The second-order valence-corrected chi connectivity index (χ2v) is 4.45. The Bertz CT molecular complexity index is 607. The normalized spacial score (nSPS) is 14.6. The number of ketones is 1. The smallest absolute Gasteiger partial charge is 0.296 e. The lowest BCUT2D eigenvalue weighted by atomic mass is 10.1. The van der Waals surface area contributed by atoms with Gasteiger partial charge in [-0.1, -0.05) is 0 Å². The fraction of sp³-hybridized carbons (Fsp3) is 0.308. The number of rotatable bonds is 3. The Morgan fingerprint density at radius 3 is 2.79 bits per heavy atom. The molecule has 0 fully saturated rings. The molecule has 0 bridgehead atoms. The number of carbonyl (C=O) groups is 2. The molecule has 6 heteroatoms. The summed E-state index contributed by atoms with van der Waals surface area (Å²) in [6.07, 6.45) is 0.248. The van der Waals surface area contributed by atoms with Crippen molar-refractivity contribution >= 4 is 23.1 Å². The summed E-state index contributed by atoms with van der Waals surface area (Å²) in [4.78, 5) is 24.3. The van der Waals surface area contributed by atoms with Crippen LogP contribution in [-0.4, -0.2) is 24.8 Å². The lowest BCUT2D eigenvalue weighted by Gasteiger charge is -2.26. The average Bonchev–Trinajstić information content (AvgIpc) is 2.64. The lowest BCUT2D eigenvalue weighted by molar-refractivity contribution is -0.112. The highest BCUT2D eigenvalue weighted by atomic mass is 19.1. The van der Waals surface area contributed by atoms with Gasteiger partial charge in [0, 0.05) is 13.1 Å². The van der Waals surface area contributed by atoms with Gasteiger partial charge >= 0.3 is 0 Å². The van der Waals surface area contributed by atoms with Crippen molar-refractivity contribution in [3.8, 4) is 6.07 Å². The van der Waals surface area contributed by atoms with E-state index in [-0.39, 0.29) is 23.7 Å². The van der Waals surface area contributed by atoms with E-state index in [1.807, 2.05) is 6.07 Å². The van der Waals surface area contributed by atoms with Gasteiger partial charge in [-0.05, 0) is 19.1 Å². The van der Waals surface area contributed by atoms with Gasteiger partial charge in [0.25, 0.3) is 11.7 Å². The molecule has 98 valence electrons. The Balaban J connectivity index is 2.40. The molecule has 19 heavy (non-hydrogen) atoms. The Kier molecular flexibility index (Phi) is 3.21. The van der Waals surface area contributed by atoms with Crippen LogP contribution in [0.3, 0.4) is 0 Å². The first-order chi connectivity index (χ1) is 8.95. The van der Waals surface area contributed by atoms with E-state index in [0.717, 1.165) is 6.07 Å². The monoisotopic (exact) mass is 261 g/mol. The number of halogens is 1. The van der Waals surface area contributed by atoms with Crippen molar-refractivity contribution in [3.63, 3.8) is 0 Å². The number of hydrogen-bond donors (Lipinski definition) is 1. The zero-order valence-electron chi connectivity index (χ0n) is 10.5. The van der Waals surface area contributed by atoms with Crippen molar-refractivity contribution < 1.29 is 14.0 Å². The molecule has 1 amide bonds. The van der Waals surface area contributed by atoms with Gasteiger partial charge in [-0.15, -0.1) is 0 Å². The summed E-state index contributed by atoms with van der Waals surface area (Å²) < 4.78 is 14.0. The summed E-state index contributed by atoms with van der Waals surface area (Å²) >= 11 is 0. The summed E-state index contributed by atoms with van der Waals surface area (Å²) in [6.45, 7) is 1.79. The summed E-state index contributed by atoms with van der Waals surface area (Å²) in [5.74, 6) is -2.07. The van der Waals surface area contributed by atoms with E-state index in [1.54, 1.807) is 18.9 Å². The van der Waals surface area contributed by atoms with E-state index in [0.29, 0.717) is 5.69 Å². The molecule has 2 rings (SSSR count). The van der Waals surface area contributed by atoms with Crippen molar-refractivity contribution in [3.05, 3.63) is 23.5 Å². The van der Waals surface area contributed by atoms with E-state index in [9.17, 15) is 14.0 Å². The van der Waals surface area contributed by atoms with Crippen LogP contribution in [0, 0.1) is 17.1 Å². The van der Waals surface area contributed by atoms with Gasteiger partial charge in [-0.3, -0.25) is 9.59 Å². The standard InChI is InChI=1S/C13H12FN3O2/c1-7(3-4-15)17(2)11-6-10-8(5-9(11)14)12(18)13(19)16-10/h5-7H,3H2,1-2H3,(H,16,18,19). The summed E-state index contributed by atoms with van der Waals surface area (Å²) in [7, 11) is 1.66. The van der Waals surface area contributed by atoms with Crippen LogP contribution >= 0.6 is 0 Å². The van der Waals surface area contributed by atoms with Crippen LogP contribution in [0.4, 0.5) is 15.8 Å². The largest absolute Gasteiger partial charge is 0.368 e. The van der Waals surface area contributed by atoms with Gasteiger partial charge in [0.15, 0.2) is 0 Å². The van der Waals surface area contributed by atoms with Gasteiger partial charge < -0.3 is 10.2 Å². The Hall–Kier alpha value is -2.42. The second kappa shape index (κ2) is 4.69. The van der Waals surface area contributed by atoms with E-state index in [1.165, 1.54) is 6.07 Å². The molecule has 0 aliphatic carbocycles. The molecule has 0 radical (unpaired) electrons. The number of Topliss-reactive ketones (excluding diaryl/α,β-unsaturated/α-hetero) is 1. The number of amides is 1. The number of nitrogens with one attached hydrogen (secondary N) is 1. The molecule has 1 aliphatic rings. The third-order valence-corrected chi connectivity index (χ3v) is 3.21. The summed E-state index contributed by atoms with van der Waals surface area (Å²) in [6, 6.07) is 4.31. The van der Waals surface area contributed by atoms with Crippen LogP contribution in [0.1, 0.15) is 23.7 Å². The molecule has 1 atom stereocenters. The zero-order valence-corrected chi connectivity index (χ0v) is 10.5. The van der Waals surface area contributed by atoms with Gasteiger partial charge in [-0.2, -0.15) is 5.26 Å². The van der Waals surface area contributed by atoms with Crippen LogP contribution in [0.15, 0.2) is 12.1 Å². The average molecular weight is 261 g/mol. The van der Waals surface area contributed by atoms with E-state index >= 15 is 0 Å². The number of carbonyl (C=O) groups excluding carboxylic acids is 2. The maximum Gasteiger partial charge on any atom is 0.296 e. The first kappa shape index (κ1) is 13.0. The highest BCUT2D eigenvalue weighted by Gasteiger charge is 2.30. The van der Waals surface area contributed by atoms with Gasteiger partial charge in [-0.25, -0.2) is 4.39 Å². The van der Waals surface area contributed by atoms with Gasteiger partial charge in [0.1, 0.15) is 5.82 Å². The Labute approximate surface area is 109 Å². The number of nitrogens with zero attached hydrogens (tertiary/aromatic N) is 2. The molecule has 0 saturated heterocycles. The van der Waals surface area contributed by atoms with Crippen molar-refractivity contribution in [2.75, 3.05) is 17.3 Å². The predicted octanol–water partition coefficient (Wildman–Crippen LogP) is 1.70. The van der Waals surface area contributed by atoms with E-state index < -0.39 is 17.5 Å². The number of fused-ring (bicyclic) bond motifs is 1. The van der Waals surface area contributed by atoms with Crippen LogP contribution in [0.5, 0.6) is 0 Å². The maximum absolute atomic E-state index is 14.0. The zero-order chi connectivity index (χ0) is 14.2. The number of hydrogen-bond acceptors (Lipinski definition) is 4. The molecule has 1 aromatic carbocycles. The van der Waals surface area contributed by atoms with E-state index in [4.69, 9.17) is 5.26 Å². The highest BCUT2D eigenvalue weighted by molar-refractivity contribution is 6.51. The number of benzene rings is 1. The highest BCUT2D eigenvalue weighted by Crippen LogP contribution is 2.31. The molecule has 5 nitrogen and oxygen atoms in total. The summed E-state index contributed by atoms with van der Waals surface area (Å²) in [5.41, 5.74) is 0.603. The first-order valence-electron chi connectivity index (χ1n) is 5.74. The number of anilines is 2. The van der Waals surface area contributed by atoms with Crippen molar-refractivity contribution in [2.24, 2.45) is 0 Å². The quantitative estimate of drug-likeness (QED) is 0.840. The van der Waals surface area contributed by atoms with Gasteiger partial charge in [0.05, 0.1) is 29.4 Å². The maximum atomic E-state index is 14.0. The molecule has 1 heterocycles. The number of nitriles is 1. The molecular weight excluding hydrogens is 249 g/mol. The molecule has 0 aromatic heterocycles. The fourth-order valence-electron chi connectivity index (χ4n) is 1.93. The first-order valence-corrected chi connectivity index (χ1v) is 5.74. The van der Waals surface area contributed by atoms with Crippen LogP contribution < -0.4 is 10.2 Å². The third kappa shape index (κ3) is 2.15. The molecular formula is C13H12FN3O2. The minimum absolute atomic E-state index is 0.0487. The minimum Gasteiger partial charge on any atom is -0.368 e. The van der Waals surface area contributed by atoms with Gasteiger partial charge in [0.2, 0.25) is 0 Å². The molecule has 1 aliphatic heterocycles. The topological polar surface area (TPSA) is 73.2 Å². The third-order valence-electron chi connectivity index (χ3n) is 3.21. The molecule has 0 saturated carbocycles. The SMILES string of the molecule is CC(CC#N)N(C)c1cc2c(cc1F)C(=O)C(=O)N2. The van der Waals surface area contributed by atoms with E-state index in [2.05, 4.69) is 5.32 Å². The Morgan fingerprint density at radius 2 is 2.16 bits per heavy atom. The lowest BCUT2D eigenvalue weighted by Crippen LogP contribution is -2.29. The van der Waals surface area contributed by atoms with Crippen LogP contribution in [-0.2, 0) is 4.79 Å². The van der Waals surface area contributed by atoms with Crippen molar-refractivity contribution in [1.82, 2.24) is 0 Å². The van der Waals surface area contributed by atoms with Crippen molar-refractivity contribution in [2.45, 2.75) is 19.4 Å². The fourth-order valence-corrected chi connectivity index (χ4v) is 1.93. The van der Waals surface area contributed by atoms with Crippen molar-refractivity contribution in [1.29, 1.82) is 5.26 Å². The molecule has 1 unspecified atom stereocenters.